The summed E-state index contributed by atoms with van der Waals surface area (Å²) >= 11 is 4.00. The summed E-state index contributed by atoms with van der Waals surface area (Å²) in [5, 5.41) is 2.81. The molecule has 1 N–H and O–H groups in total. The number of nitrogens with one attached hydrogen (secondary N) is 1. The lowest BCUT2D eigenvalue weighted by Gasteiger charge is -2.36. The number of halogens is 1. The summed E-state index contributed by atoms with van der Waals surface area (Å²) in [6, 6.07) is 4.06. The van der Waals surface area contributed by atoms with Crippen molar-refractivity contribution < 1.29 is 14.0 Å². The third kappa shape index (κ3) is 2.18. The van der Waals surface area contributed by atoms with E-state index in [2.05, 4.69) is 17.9 Å². The highest BCUT2D eigenvalue weighted by Crippen LogP contribution is 2.29. The summed E-state index contributed by atoms with van der Waals surface area (Å²) in [5.41, 5.74) is 0.413. The van der Waals surface area contributed by atoms with Crippen molar-refractivity contribution in [3.8, 4) is 0 Å². The predicted octanol–water partition coefficient (Wildman–Crippen LogP) is 1.46. The van der Waals surface area contributed by atoms with Gasteiger partial charge in [-0.1, -0.05) is 0 Å². The second kappa shape index (κ2) is 5.09. The van der Waals surface area contributed by atoms with E-state index < -0.39 is 5.82 Å². The van der Waals surface area contributed by atoms with Crippen LogP contribution < -0.4 is 5.32 Å². The van der Waals surface area contributed by atoms with E-state index in [0.717, 1.165) is 12.8 Å². The van der Waals surface area contributed by atoms with Crippen LogP contribution in [0.25, 0.3) is 0 Å². The van der Waals surface area contributed by atoms with Crippen molar-refractivity contribution in [3.63, 3.8) is 0 Å². The van der Waals surface area contributed by atoms with Crippen molar-refractivity contribution in [2.75, 3.05) is 13.1 Å². The van der Waals surface area contributed by atoms with E-state index >= 15 is 0 Å². The van der Waals surface area contributed by atoms with Gasteiger partial charge in [0, 0.05) is 23.5 Å². The van der Waals surface area contributed by atoms with Crippen molar-refractivity contribution in [2.24, 2.45) is 5.92 Å². The van der Waals surface area contributed by atoms with Gasteiger partial charge in [0.15, 0.2) is 0 Å². The molecule has 106 valence electrons. The Balaban J connectivity index is 1.86. The van der Waals surface area contributed by atoms with Crippen LogP contribution in [0.3, 0.4) is 0 Å². The van der Waals surface area contributed by atoms with E-state index in [1.165, 1.54) is 18.2 Å². The number of benzene rings is 1. The van der Waals surface area contributed by atoms with Gasteiger partial charge in [-0.3, -0.25) is 9.59 Å². The zero-order valence-corrected chi connectivity index (χ0v) is 11.7. The maximum Gasteiger partial charge on any atom is 0.254 e. The van der Waals surface area contributed by atoms with E-state index in [0.29, 0.717) is 18.7 Å². The highest BCUT2D eigenvalue weighted by Gasteiger charge is 2.42. The van der Waals surface area contributed by atoms with E-state index in [4.69, 9.17) is 0 Å². The smallest absolute Gasteiger partial charge is 0.254 e. The Morgan fingerprint density at radius 3 is 3.00 bits per heavy atom. The first-order valence-corrected chi connectivity index (χ1v) is 7.10. The highest BCUT2D eigenvalue weighted by atomic mass is 32.1. The van der Waals surface area contributed by atoms with Crippen LogP contribution in [-0.2, 0) is 4.79 Å². The van der Waals surface area contributed by atoms with Gasteiger partial charge in [0.2, 0.25) is 5.91 Å². The maximum atomic E-state index is 13.2. The minimum Gasteiger partial charge on any atom is -0.354 e. The van der Waals surface area contributed by atoms with Gasteiger partial charge in [0.25, 0.3) is 5.91 Å². The lowest BCUT2D eigenvalue weighted by Crippen LogP contribution is -2.48. The van der Waals surface area contributed by atoms with Crippen LogP contribution in [0.1, 0.15) is 23.2 Å². The van der Waals surface area contributed by atoms with Crippen molar-refractivity contribution in [3.05, 3.63) is 29.6 Å². The molecule has 2 aliphatic rings. The number of carbonyl (C=O) groups excluding carboxylic acids is 2. The highest BCUT2D eigenvalue weighted by molar-refractivity contribution is 7.80. The maximum absolute atomic E-state index is 13.2. The summed E-state index contributed by atoms with van der Waals surface area (Å²) in [5.74, 6) is -0.685. The van der Waals surface area contributed by atoms with E-state index in [9.17, 15) is 14.0 Å². The van der Waals surface area contributed by atoms with Crippen molar-refractivity contribution in [2.45, 2.75) is 23.8 Å². The molecule has 1 aromatic rings. The number of carbonyl (C=O) groups is 2. The van der Waals surface area contributed by atoms with Crippen LogP contribution in [0.15, 0.2) is 23.1 Å². The van der Waals surface area contributed by atoms with Crippen molar-refractivity contribution in [1.82, 2.24) is 10.2 Å². The minimum absolute atomic E-state index is 0.0292. The zero-order valence-electron chi connectivity index (χ0n) is 10.8. The number of fused-ring (bicyclic) bond motifs is 1. The molecule has 0 saturated carbocycles. The van der Waals surface area contributed by atoms with Gasteiger partial charge in [-0.2, -0.15) is 0 Å². The van der Waals surface area contributed by atoms with Crippen molar-refractivity contribution in [1.29, 1.82) is 0 Å². The standard InChI is InChI=1S/C14H15FN2O2S/c15-10-4-3-8(6-12(10)20)14(19)17-5-1-2-9-11(17)7-16-13(9)18/h3-4,6,9,11,20H,1-2,5,7H2,(H,16,18). The van der Waals surface area contributed by atoms with Gasteiger partial charge in [-0.05, 0) is 31.0 Å². The first kappa shape index (κ1) is 13.4. The fourth-order valence-corrected chi connectivity index (χ4v) is 3.23. The van der Waals surface area contributed by atoms with E-state index in [-0.39, 0.29) is 28.7 Å². The summed E-state index contributed by atoms with van der Waals surface area (Å²) in [6.07, 6.45) is 1.64. The fourth-order valence-electron chi connectivity index (χ4n) is 3.02. The first-order chi connectivity index (χ1) is 9.58. The molecule has 2 aliphatic heterocycles. The number of likely N-dealkylation sites (tertiary alicyclic amines) is 1. The molecule has 2 amide bonds. The number of hydrogen-bond acceptors (Lipinski definition) is 3. The number of rotatable bonds is 1. The molecule has 3 rings (SSSR count). The number of piperidine rings is 1. The monoisotopic (exact) mass is 294 g/mol. The molecule has 0 spiro atoms. The van der Waals surface area contributed by atoms with Crippen LogP contribution in [0, 0.1) is 11.7 Å². The zero-order chi connectivity index (χ0) is 14.3. The van der Waals surface area contributed by atoms with Crippen LogP contribution in [0.4, 0.5) is 4.39 Å². The topological polar surface area (TPSA) is 49.4 Å². The van der Waals surface area contributed by atoms with Gasteiger partial charge >= 0.3 is 0 Å². The van der Waals surface area contributed by atoms with Crippen LogP contribution >= 0.6 is 12.6 Å². The van der Waals surface area contributed by atoms with Gasteiger partial charge in [0.05, 0.1) is 12.0 Å². The van der Waals surface area contributed by atoms with E-state index in [1.54, 1.807) is 4.90 Å². The SMILES string of the molecule is O=C1NCC2C1CCCN2C(=O)c1ccc(F)c(S)c1. The molecule has 0 radical (unpaired) electrons. The summed E-state index contributed by atoms with van der Waals surface area (Å²) in [7, 11) is 0. The Bertz CT molecular complexity index is 578. The third-order valence-corrected chi connectivity index (χ3v) is 4.40. The average Bonchev–Trinajstić information content (AvgIpc) is 2.83. The summed E-state index contributed by atoms with van der Waals surface area (Å²) < 4.78 is 13.2. The quantitative estimate of drug-likeness (QED) is 0.771. The number of nitrogens with zero attached hydrogens (tertiary/aromatic N) is 1. The number of amides is 2. The average molecular weight is 294 g/mol. The molecule has 1 aromatic carbocycles. The Hall–Kier alpha value is -1.56. The molecule has 4 nitrogen and oxygen atoms in total. The molecule has 2 fully saturated rings. The van der Waals surface area contributed by atoms with E-state index in [1.807, 2.05) is 0 Å². The van der Waals surface area contributed by atoms with Crippen molar-refractivity contribution >= 4 is 24.4 Å². The first-order valence-electron chi connectivity index (χ1n) is 6.65. The fraction of sp³-hybridized carbons (Fsp3) is 0.429. The van der Waals surface area contributed by atoms with Crippen LogP contribution in [0.2, 0.25) is 0 Å². The molecule has 2 saturated heterocycles. The molecule has 2 unspecified atom stereocenters. The predicted molar refractivity (Wildman–Crippen MR) is 74.2 cm³/mol. The number of hydrogen-bond donors (Lipinski definition) is 2. The molecular weight excluding hydrogens is 279 g/mol. The van der Waals surface area contributed by atoms with Gasteiger partial charge in [-0.15, -0.1) is 12.6 Å². The Morgan fingerprint density at radius 1 is 1.45 bits per heavy atom. The Morgan fingerprint density at radius 2 is 2.25 bits per heavy atom. The third-order valence-electron chi connectivity index (χ3n) is 4.06. The Kier molecular flexibility index (Phi) is 3.41. The summed E-state index contributed by atoms with van der Waals surface area (Å²) in [4.78, 5) is 26.1. The van der Waals surface area contributed by atoms with Crippen LogP contribution in [0.5, 0.6) is 0 Å². The second-order valence-electron chi connectivity index (χ2n) is 5.23. The lowest BCUT2D eigenvalue weighted by atomic mass is 9.91. The molecule has 0 aromatic heterocycles. The van der Waals surface area contributed by atoms with Gasteiger partial charge in [0.1, 0.15) is 5.82 Å². The molecule has 6 heteroatoms. The number of thiol groups is 1. The molecule has 2 atom stereocenters. The molecule has 2 heterocycles. The molecule has 20 heavy (non-hydrogen) atoms. The van der Waals surface area contributed by atoms with Gasteiger partial charge in [-0.25, -0.2) is 4.39 Å². The lowest BCUT2D eigenvalue weighted by molar-refractivity contribution is -0.123. The minimum atomic E-state index is -0.445. The second-order valence-corrected chi connectivity index (χ2v) is 5.71. The van der Waals surface area contributed by atoms with Gasteiger partial charge < -0.3 is 10.2 Å². The molecular formula is C14H15FN2O2S. The molecule has 0 aliphatic carbocycles. The summed E-state index contributed by atoms with van der Waals surface area (Å²) in [6.45, 7) is 1.14. The largest absolute Gasteiger partial charge is 0.354 e. The van der Waals surface area contributed by atoms with Crippen LogP contribution in [-0.4, -0.2) is 35.8 Å². The Labute approximate surface area is 121 Å². The molecule has 0 bridgehead atoms. The normalized spacial score (nSPS) is 25.3.